The summed E-state index contributed by atoms with van der Waals surface area (Å²) in [5.74, 6) is 0.0653. The third-order valence-electron chi connectivity index (χ3n) is 2.58. The predicted molar refractivity (Wildman–Crippen MR) is 84.8 cm³/mol. The van der Waals surface area contributed by atoms with E-state index in [-0.39, 0.29) is 5.78 Å². The molecule has 0 saturated carbocycles. The molecular weight excluding hydrogens is 312 g/mol. The maximum absolute atomic E-state index is 11.2. The molecule has 5 heteroatoms. The molecule has 0 bridgehead atoms. The van der Waals surface area contributed by atoms with Gasteiger partial charge in [-0.25, -0.2) is 0 Å². The lowest BCUT2D eigenvalue weighted by atomic mass is 10.2. The molecule has 0 spiro atoms. The van der Waals surface area contributed by atoms with Gasteiger partial charge in [0.1, 0.15) is 0 Å². The summed E-state index contributed by atoms with van der Waals surface area (Å²) in [5.41, 5.74) is 1.20. The second-order valence-corrected chi connectivity index (χ2v) is 6.66. The van der Waals surface area contributed by atoms with E-state index < -0.39 is 5.24 Å². The Bertz CT molecular complexity index is 564. The van der Waals surface area contributed by atoms with Crippen molar-refractivity contribution in [3.05, 3.63) is 59.7 Å². The largest absolute Gasteiger partial charge is 0.295 e. The fourth-order valence-corrected chi connectivity index (χ4v) is 3.54. The van der Waals surface area contributed by atoms with Crippen molar-refractivity contribution in [2.24, 2.45) is 0 Å². The van der Waals surface area contributed by atoms with E-state index in [2.05, 4.69) is 0 Å². The number of hydrogen-bond donors (Lipinski definition) is 0. The van der Waals surface area contributed by atoms with Gasteiger partial charge < -0.3 is 0 Å². The van der Waals surface area contributed by atoms with E-state index in [1.54, 1.807) is 40.6 Å². The Balaban J connectivity index is 1.97. The minimum Gasteiger partial charge on any atom is -0.295 e. The van der Waals surface area contributed by atoms with Crippen LogP contribution >= 0.6 is 33.2 Å². The summed E-state index contributed by atoms with van der Waals surface area (Å²) in [6.45, 7) is 1.55. The molecule has 20 heavy (non-hydrogen) atoms. The van der Waals surface area contributed by atoms with Crippen LogP contribution < -0.4 is 0 Å². The molecule has 0 N–H and O–H groups in total. The summed E-state index contributed by atoms with van der Waals surface area (Å²) >= 11 is 5.39. The average Bonchev–Trinajstić information content (AvgIpc) is 2.46. The number of carbonyl (C=O) groups is 2. The highest BCUT2D eigenvalue weighted by atomic mass is 35.5. The number of ketones is 1. The summed E-state index contributed by atoms with van der Waals surface area (Å²) in [5, 5.41) is -0.450. The molecule has 0 aliphatic carbocycles. The first-order chi connectivity index (χ1) is 9.56. The summed E-state index contributed by atoms with van der Waals surface area (Å²) in [6, 6.07) is 14.6. The molecule has 2 aromatic carbocycles. The monoisotopic (exact) mass is 322 g/mol. The molecule has 2 rings (SSSR count). The number of Topliss-reactive ketones (excluding diaryl/α,β-unsaturated/α-hetero) is 1. The average molecular weight is 323 g/mol. The SMILES string of the molecule is CC(=O)c1ccc(SSc2ccc(C(=O)Cl)cc2)cc1. The molecule has 102 valence electrons. The quantitative estimate of drug-likeness (QED) is 0.437. The predicted octanol–water partition coefficient (Wildman–Crippen LogP) is 5.07. The Kier molecular flexibility index (Phi) is 5.29. The maximum atomic E-state index is 11.2. The molecule has 0 unspecified atom stereocenters. The normalized spacial score (nSPS) is 10.3. The second kappa shape index (κ2) is 6.97. The van der Waals surface area contributed by atoms with Crippen molar-refractivity contribution < 1.29 is 9.59 Å². The molecule has 0 aromatic heterocycles. The van der Waals surface area contributed by atoms with E-state index in [1.807, 2.05) is 36.4 Å². The minimum absolute atomic E-state index is 0.0653. The first-order valence-electron chi connectivity index (χ1n) is 5.81. The summed E-state index contributed by atoms with van der Waals surface area (Å²) < 4.78 is 0. The van der Waals surface area contributed by atoms with Crippen molar-refractivity contribution >= 4 is 44.2 Å². The fourth-order valence-electron chi connectivity index (χ4n) is 1.48. The third-order valence-corrected chi connectivity index (χ3v) is 5.21. The van der Waals surface area contributed by atoms with E-state index in [0.29, 0.717) is 11.1 Å². The molecule has 0 saturated heterocycles. The molecule has 0 aliphatic rings. The number of hydrogen-bond acceptors (Lipinski definition) is 4. The second-order valence-electron chi connectivity index (χ2n) is 4.05. The van der Waals surface area contributed by atoms with Crippen molar-refractivity contribution in [3.8, 4) is 0 Å². The van der Waals surface area contributed by atoms with Crippen LogP contribution in [0.5, 0.6) is 0 Å². The van der Waals surface area contributed by atoms with Crippen LogP contribution in [0.3, 0.4) is 0 Å². The molecule has 0 radical (unpaired) electrons. The van der Waals surface area contributed by atoms with Crippen LogP contribution in [0.15, 0.2) is 58.3 Å². The molecule has 0 heterocycles. The van der Waals surface area contributed by atoms with Gasteiger partial charge >= 0.3 is 0 Å². The van der Waals surface area contributed by atoms with Gasteiger partial charge in [-0.15, -0.1) is 0 Å². The third kappa shape index (κ3) is 4.13. The Labute approximate surface area is 130 Å². The Morgan fingerprint density at radius 3 is 1.55 bits per heavy atom. The van der Waals surface area contributed by atoms with Crippen LogP contribution in [-0.4, -0.2) is 11.0 Å². The smallest absolute Gasteiger partial charge is 0.252 e. The van der Waals surface area contributed by atoms with Crippen molar-refractivity contribution in [1.29, 1.82) is 0 Å². The first kappa shape index (κ1) is 15.2. The standard InChI is InChI=1S/C15H11ClO2S2/c1-10(17)11-2-6-13(7-3-11)19-20-14-8-4-12(5-9-14)15(16)18/h2-9H,1H3. The molecule has 2 aromatic rings. The molecule has 0 atom stereocenters. The summed E-state index contributed by atoms with van der Waals surface area (Å²) in [6.07, 6.45) is 0. The number of rotatable bonds is 5. The zero-order chi connectivity index (χ0) is 14.5. The lowest BCUT2D eigenvalue weighted by Crippen LogP contribution is -1.89. The topological polar surface area (TPSA) is 34.1 Å². The zero-order valence-electron chi connectivity index (χ0n) is 10.6. The minimum atomic E-state index is -0.450. The zero-order valence-corrected chi connectivity index (χ0v) is 13.0. The van der Waals surface area contributed by atoms with Crippen LogP contribution in [0.4, 0.5) is 0 Å². The number of halogens is 1. The molecule has 0 fully saturated rings. The van der Waals surface area contributed by atoms with E-state index in [1.165, 1.54) is 0 Å². The van der Waals surface area contributed by atoms with Crippen LogP contribution in [-0.2, 0) is 0 Å². The van der Waals surface area contributed by atoms with Gasteiger partial charge in [0, 0.05) is 20.9 Å². The highest BCUT2D eigenvalue weighted by molar-refractivity contribution is 8.76. The molecular formula is C15H11ClO2S2. The van der Waals surface area contributed by atoms with Crippen molar-refractivity contribution in [1.82, 2.24) is 0 Å². The van der Waals surface area contributed by atoms with Gasteiger partial charge in [0.25, 0.3) is 5.24 Å². The van der Waals surface area contributed by atoms with Crippen molar-refractivity contribution in [2.75, 3.05) is 0 Å². The Hall–Kier alpha value is -1.23. The Morgan fingerprint density at radius 2 is 1.20 bits per heavy atom. The van der Waals surface area contributed by atoms with Gasteiger partial charge in [0.2, 0.25) is 0 Å². The highest BCUT2D eigenvalue weighted by Crippen LogP contribution is 2.37. The number of carbonyl (C=O) groups excluding carboxylic acids is 2. The van der Waals surface area contributed by atoms with Gasteiger partial charge in [-0.2, -0.15) is 0 Å². The lowest BCUT2D eigenvalue weighted by molar-refractivity contribution is 0.101. The van der Waals surface area contributed by atoms with Gasteiger partial charge in [0.05, 0.1) is 0 Å². The Morgan fingerprint density at radius 1 is 0.800 bits per heavy atom. The van der Waals surface area contributed by atoms with E-state index in [0.717, 1.165) is 9.79 Å². The van der Waals surface area contributed by atoms with Gasteiger partial charge in [-0.05, 0) is 54.9 Å². The fraction of sp³-hybridized carbons (Fsp3) is 0.0667. The first-order valence-corrected chi connectivity index (χ1v) is 8.34. The lowest BCUT2D eigenvalue weighted by Gasteiger charge is -2.03. The van der Waals surface area contributed by atoms with Gasteiger partial charge in [0.15, 0.2) is 5.78 Å². The van der Waals surface area contributed by atoms with Gasteiger partial charge in [-0.3, -0.25) is 9.59 Å². The summed E-state index contributed by atoms with van der Waals surface area (Å²) in [7, 11) is 3.18. The maximum Gasteiger partial charge on any atom is 0.252 e. The van der Waals surface area contributed by atoms with E-state index in [9.17, 15) is 9.59 Å². The van der Waals surface area contributed by atoms with E-state index >= 15 is 0 Å². The van der Waals surface area contributed by atoms with Crippen LogP contribution in [0.2, 0.25) is 0 Å². The molecule has 2 nitrogen and oxygen atoms in total. The van der Waals surface area contributed by atoms with Gasteiger partial charge in [-0.1, -0.05) is 33.7 Å². The van der Waals surface area contributed by atoms with Crippen LogP contribution in [0.25, 0.3) is 0 Å². The van der Waals surface area contributed by atoms with Crippen molar-refractivity contribution in [2.45, 2.75) is 16.7 Å². The summed E-state index contributed by atoms with van der Waals surface area (Å²) in [4.78, 5) is 24.2. The highest BCUT2D eigenvalue weighted by Gasteiger charge is 2.03. The van der Waals surface area contributed by atoms with Crippen LogP contribution in [0, 0.1) is 0 Å². The molecule has 0 aliphatic heterocycles. The molecule has 0 amide bonds. The van der Waals surface area contributed by atoms with Crippen LogP contribution in [0.1, 0.15) is 27.6 Å². The van der Waals surface area contributed by atoms with E-state index in [4.69, 9.17) is 11.6 Å². The van der Waals surface area contributed by atoms with Crippen molar-refractivity contribution in [3.63, 3.8) is 0 Å². The number of benzene rings is 2.